The fourth-order valence-electron chi connectivity index (χ4n) is 1.89. The molecule has 0 saturated heterocycles. The summed E-state index contributed by atoms with van der Waals surface area (Å²) in [5.74, 6) is -2.45. The first kappa shape index (κ1) is 23.6. The minimum absolute atomic E-state index is 0. The van der Waals surface area contributed by atoms with E-state index in [2.05, 4.69) is 0 Å². The van der Waals surface area contributed by atoms with E-state index in [4.69, 9.17) is 10.2 Å². The van der Waals surface area contributed by atoms with E-state index in [1.54, 1.807) is 6.92 Å². The molecular weight excluding hydrogens is 278 g/mol. The zero-order chi connectivity index (χ0) is 13.5. The number of hydrogen-bond donors (Lipinski definition) is 5. The molecule has 0 aliphatic carbocycles. The van der Waals surface area contributed by atoms with Gasteiger partial charge in [-0.15, -0.1) is 12.4 Å². The summed E-state index contributed by atoms with van der Waals surface area (Å²) < 4.78 is 0. The highest BCUT2D eigenvalue weighted by Crippen LogP contribution is 2.25. The standard InChI is InChI=1S/C10H21NO6.CH4.ClH/c1-2-3-11(7-15)10(6-14,9(16)17)8(4-12)5-13;;/h8,12-15H,2-7H2,1H3,(H,16,17);1H4;1H/t10-;;/m0../s1. The smallest absolute Gasteiger partial charge is 0.327 e. The predicted octanol–water partition coefficient (Wildman–Crippen LogP) is -0.877. The first-order valence-electron chi connectivity index (χ1n) is 5.46. The van der Waals surface area contributed by atoms with E-state index in [1.807, 2.05) is 0 Å². The maximum Gasteiger partial charge on any atom is 0.327 e. The summed E-state index contributed by atoms with van der Waals surface area (Å²) in [5, 5.41) is 46.0. The van der Waals surface area contributed by atoms with Crippen LogP contribution >= 0.6 is 12.4 Å². The second kappa shape index (κ2) is 11.4. The first-order chi connectivity index (χ1) is 8.04. The summed E-state index contributed by atoms with van der Waals surface area (Å²) in [6, 6.07) is 0. The van der Waals surface area contributed by atoms with Gasteiger partial charge in [-0.2, -0.15) is 0 Å². The summed E-state index contributed by atoms with van der Waals surface area (Å²) in [5.41, 5.74) is -1.87. The maximum absolute atomic E-state index is 11.4. The van der Waals surface area contributed by atoms with Gasteiger partial charge in [0.05, 0.1) is 26.6 Å². The van der Waals surface area contributed by atoms with Crippen LogP contribution in [0.2, 0.25) is 0 Å². The maximum atomic E-state index is 11.4. The lowest BCUT2D eigenvalue weighted by Gasteiger charge is -2.42. The fourth-order valence-corrected chi connectivity index (χ4v) is 1.89. The van der Waals surface area contributed by atoms with Crippen molar-refractivity contribution in [2.45, 2.75) is 26.3 Å². The molecule has 7 nitrogen and oxygen atoms in total. The van der Waals surface area contributed by atoms with E-state index in [0.29, 0.717) is 6.42 Å². The molecule has 0 bridgehead atoms. The summed E-state index contributed by atoms with van der Waals surface area (Å²) in [4.78, 5) is 12.5. The van der Waals surface area contributed by atoms with Crippen LogP contribution in [0.4, 0.5) is 0 Å². The highest BCUT2D eigenvalue weighted by molar-refractivity contribution is 5.85. The van der Waals surface area contributed by atoms with Crippen molar-refractivity contribution in [1.29, 1.82) is 0 Å². The molecule has 0 amide bonds. The average molecular weight is 304 g/mol. The molecule has 0 fully saturated rings. The lowest BCUT2D eigenvalue weighted by molar-refractivity contribution is -0.169. The number of aliphatic carboxylic acids is 1. The van der Waals surface area contributed by atoms with E-state index < -0.39 is 44.0 Å². The van der Waals surface area contributed by atoms with Crippen LogP contribution in [0.5, 0.6) is 0 Å². The molecule has 0 aliphatic rings. The van der Waals surface area contributed by atoms with Crippen molar-refractivity contribution in [3.8, 4) is 0 Å². The number of nitrogens with zero attached hydrogens (tertiary/aromatic N) is 1. The molecule has 1 atom stereocenters. The summed E-state index contributed by atoms with van der Waals surface area (Å²) in [6.45, 7) is -0.529. The molecule has 0 aromatic heterocycles. The lowest BCUT2D eigenvalue weighted by atomic mass is 9.83. The van der Waals surface area contributed by atoms with E-state index in [0.717, 1.165) is 4.90 Å². The van der Waals surface area contributed by atoms with Gasteiger partial charge in [-0.25, -0.2) is 0 Å². The predicted molar refractivity (Wildman–Crippen MR) is 73.2 cm³/mol. The number of carboxylic acids is 1. The number of aliphatic hydroxyl groups is 4. The second-order valence-electron chi connectivity index (χ2n) is 3.85. The third-order valence-electron chi connectivity index (χ3n) is 2.96. The zero-order valence-electron chi connectivity index (χ0n) is 10.3. The van der Waals surface area contributed by atoms with Crippen molar-refractivity contribution < 1.29 is 30.3 Å². The Morgan fingerprint density at radius 2 is 1.68 bits per heavy atom. The quantitative estimate of drug-likeness (QED) is 0.351. The molecule has 19 heavy (non-hydrogen) atoms. The van der Waals surface area contributed by atoms with E-state index in [9.17, 15) is 20.1 Å². The molecule has 0 radical (unpaired) electrons. The van der Waals surface area contributed by atoms with Crippen molar-refractivity contribution in [1.82, 2.24) is 4.90 Å². The molecule has 0 spiro atoms. The number of halogens is 1. The molecule has 0 aromatic carbocycles. The van der Waals surface area contributed by atoms with Crippen molar-refractivity contribution >= 4 is 18.4 Å². The Kier molecular flexibility index (Phi) is 14.2. The average Bonchev–Trinajstić information content (AvgIpc) is 2.33. The van der Waals surface area contributed by atoms with Gasteiger partial charge in [-0.1, -0.05) is 14.4 Å². The van der Waals surface area contributed by atoms with E-state index in [1.165, 1.54) is 0 Å². The Morgan fingerprint density at radius 1 is 1.21 bits per heavy atom. The number of hydrogen-bond acceptors (Lipinski definition) is 6. The molecule has 0 saturated carbocycles. The van der Waals surface area contributed by atoms with Crippen LogP contribution in [-0.4, -0.2) is 75.0 Å². The third-order valence-corrected chi connectivity index (χ3v) is 2.96. The largest absolute Gasteiger partial charge is 0.480 e. The highest BCUT2D eigenvalue weighted by Gasteiger charge is 2.49. The van der Waals surface area contributed by atoms with Crippen molar-refractivity contribution in [2.75, 3.05) is 33.1 Å². The van der Waals surface area contributed by atoms with Crippen molar-refractivity contribution in [3.05, 3.63) is 0 Å². The molecule has 0 heterocycles. The van der Waals surface area contributed by atoms with Crippen LogP contribution in [0.3, 0.4) is 0 Å². The van der Waals surface area contributed by atoms with Gasteiger partial charge in [-0.3, -0.25) is 9.69 Å². The molecule has 0 aromatic rings. The SMILES string of the molecule is C.CCCN(CO)[C@](CO)(C(=O)O)C(CO)CO.Cl. The van der Waals surface area contributed by atoms with Gasteiger partial charge in [-0.05, 0) is 6.42 Å². The Morgan fingerprint density at radius 3 is 1.89 bits per heavy atom. The Bertz CT molecular complexity index is 239. The Hall–Kier alpha value is -0.440. The van der Waals surface area contributed by atoms with Gasteiger partial charge in [0.2, 0.25) is 0 Å². The topological polar surface area (TPSA) is 121 Å². The monoisotopic (exact) mass is 303 g/mol. The van der Waals surface area contributed by atoms with Gasteiger partial charge >= 0.3 is 5.97 Å². The Labute approximate surface area is 119 Å². The van der Waals surface area contributed by atoms with Gasteiger partial charge in [0, 0.05) is 12.5 Å². The first-order valence-corrected chi connectivity index (χ1v) is 5.46. The van der Waals surface area contributed by atoms with Crippen molar-refractivity contribution in [3.63, 3.8) is 0 Å². The van der Waals surface area contributed by atoms with Crippen LogP contribution in [0.15, 0.2) is 0 Å². The Balaban J connectivity index is -0.00000128. The molecule has 118 valence electrons. The van der Waals surface area contributed by atoms with Crippen molar-refractivity contribution in [2.24, 2.45) is 5.92 Å². The second-order valence-corrected chi connectivity index (χ2v) is 3.85. The van der Waals surface area contributed by atoms with E-state index in [-0.39, 0.29) is 26.4 Å². The summed E-state index contributed by atoms with van der Waals surface area (Å²) >= 11 is 0. The van der Waals surface area contributed by atoms with Crippen LogP contribution < -0.4 is 0 Å². The fraction of sp³-hybridized carbons (Fsp3) is 0.909. The number of carboxylic acid groups (broad SMARTS) is 1. The normalized spacial score (nSPS) is 13.6. The minimum Gasteiger partial charge on any atom is -0.480 e. The van der Waals surface area contributed by atoms with Crippen LogP contribution in [-0.2, 0) is 4.79 Å². The molecular formula is C11H26ClNO6. The molecule has 8 heteroatoms. The summed E-state index contributed by atoms with van der Waals surface area (Å²) in [6.07, 6.45) is 0.569. The molecule has 0 unspecified atom stereocenters. The minimum atomic E-state index is -1.87. The lowest BCUT2D eigenvalue weighted by Crippen LogP contribution is -2.64. The van der Waals surface area contributed by atoms with Gasteiger partial charge in [0.25, 0.3) is 0 Å². The number of rotatable bonds is 9. The third kappa shape index (κ3) is 4.87. The number of aliphatic hydroxyl groups excluding tert-OH is 4. The van der Waals surface area contributed by atoms with Crippen LogP contribution in [0, 0.1) is 5.92 Å². The van der Waals surface area contributed by atoms with Gasteiger partial charge < -0.3 is 25.5 Å². The van der Waals surface area contributed by atoms with Gasteiger partial charge in [0.15, 0.2) is 5.54 Å². The zero-order valence-corrected chi connectivity index (χ0v) is 11.1. The summed E-state index contributed by atoms with van der Waals surface area (Å²) in [7, 11) is 0. The molecule has 5 N–H and O–H groups in total. The van der Waals surface area contributed by atoms with E-state index >= 15 is 0 Å². The number of carbonyl (C=O) groups is 1. The molecule has 0 rings (SSSR count). The highest BCUT2D eigenvalue weighted by atomic mass is 35.5. The van der Waals surface area contributed by atoms with Crippen LogP contribution in [0.25, 0.3) is 0 Å². The van der Waals surface area contributed by atoms with Crippen LogP contribution in [0.1, 0.15) is 20.8 Å². The molecule has 0 aliphatic heterocycles. The van der Waals surface area contributed by atoms with Gasteiger partial charge in [0.1, 0.15) is 0 Å².